The van der Waals surface area contributed by atoms with E-state index in [2.05, 4.69) is 10.6 Å². The van der Waals surface area contributed by atoms with Crippen molar-refractivity contribution in [1.29, 1.82) is 0 Å². The summed E-state index contributed by atoms with van der Waals surface area (Å²) in [6.45, 7) is 10.9. The van der Waals surface area contributed by atoms with Gasteiger partial charge in [0.1, 0.15) is 30.1 Å². The topological polar surface area (TPSA) is 106 Å². The van der Waals surface area contributed by atoms with E-state index in [1.165, 1.54) is 0 Å². The molecule has 3 rings (SSSR count). The number of carbonyl (C=O) groups is 3. The first kappa shape index (κ1) is 28.8. The maximum Gasteiger partial charge on any atom is 0.410 e. The second-order valence-corrected chi connectivity index (χ2v) is 11.3. The molecule has 1 fully saturated rings. The number of hydrogen-bond donors (Lipinski definition) is 2. The fraction of sp³-hybridized carbons (Fsp3) is 0.483. The molecule has 1 aliphatic heterocycles. The quantitative estimate of drug-likeness (QED) is 0.540. The van der Waals surface area contributed by atoms with Crippen molar-refractivity contribution in [1.82, 2.24) is 15.5 Å². The lowest BCUT2D eigenvalue weighted by Crippen LogP contribution is -2.45. The number of amides is 3. The monoisotopic (exact) mass is 525 g/mol. The van der Waals surface area contributed by atoms with Crippen molar-refractivity contribution in [2.24, 2.45) is 0 Å². The first-order valence-electron chi connectivity index (χ1n) is 12.8. The number of carbonyl (C=O) groups excluding carboxylic acids is 3. The smallest absolute Gasteiger partial charge is 0.410 e. The zero-order chi connectivity index (χ0) is 27.9. The number of nitrogens with zero attached hydrogens (tertiary/aromatic N) is 1. The summed E-state index contributed by atoms with van der Waals surface area (Å²) in [5, 5.41) is 5.33. The average Bonchev–Trinajstić information content (AvgIpc) is 3.23. The van der Waals surface area contributed by atoms with Crippen LogP contribution in [0, 0.1) is 0 Å². The van der Waals surface area contributed by atoms with Crippen molar-refractivity contribution >= 4 is 18.1 Å². The molecule has 206 valence electrons. The summed E-state index contributed by atoms with van der Waals surface area (Å²) in [6.07, 6.45) is -0.646. The third-order valence-corrected chi connectivity index (χ3v) is 5.60. The summed E-state index contributed by atoms with van der Waals surface area (Å²) in [7, 11) is 0. The normalized spacial score (nSPS) is 17.5. The Hall–Kier alpha value is -3.75. The van der Waals surface area contributed by atoms with Crippen LogP contribution in [0.15, 0.2) is 54.6 Å². The Morgan fingerprint density at radius 1 is 0.868 bits per heavy atom. The van der Waals surface area contributed by atoms with Gasteiger partial charge in [-0.25, -0.2) is 9.59 Å². The molecule has 2 aromatic carbocycles. The summed E-state index contributed by atoms with van der Waals surface area (Å²) >= 11 is 0. The summed E-state index contributed by atoms with van der Waals surface area (Å²) in [6, 6.07) is 17.2. The summed E-state index contributed by atoms with van der Waals surface area (Å²) in [5.74, 6) is 0.311. The van der Waals surface area contributed by atoms with Crippen LogP contribution in [0.2, 0.25) is 0 Å². The van der Waals surface area contributed by atoms with E-state index in [0.29, 0.717) is 12.2 Å². The number of rotatable bonds is 7. The van der Waals surface area contributed by atoms with Gasteiger partial charge in [0.15, 0.2) is 0 Å². The van der Waals surface area contributed by atoms with Crippen molar-refractivity contribution in [3.05, 3.63) is 54.6 Å². The molecule has 0 bridgehead atoms. The van der Waals surface area contributed by atoms with Gasteiger partial charge in [0.05, 0.1) is 6.04 Å². The van der Waals surface area contributed by atoms with Crippen LogP contribution in [0.5, 0.6) is 5.75 Å². The van der Waals surface area contributed by atoms with Crippen molar-refractivity contribution in [3.63, 3.8) is 0 Å². The second kappa shape index (κ2) is 12.2. The van der Waals surface area contributed by atoms with Gasteiger partial charge in [-0.15, -0.1) is 0 Å². The lowest BCUT2D eigenvalue weighted by molar-refractivity contribution is -0.120. The fourth-order valence-electron chi connectivity index (χ4n) is 4.04. The van der Waals surface area contributed by atoms with Gasteiger partial charge in [0.2, 0.25) is 5.91 Å². The molecule has 2 N–H and O–H groups in total. The molecule has 0 aliphatic carbocycles. The Balaban J connectivity index is 1.59. The van der Waals surface area contributed by atoms with Crippen molar-refractivity contribution < 1.29 is 28.6 Å². The maximum atomic E-state index is 12.9. The maximum absolute atomic E-state index is 12.9. The average molecular weight is 526 g/mol. The van der Waals surface area contributed by atoms with Crippen molar-refractivity contribution in [2.45, 2.75) is 71.2 Å². The Bertz CT molecular complexity index is 1090. The number of hydrogen-bond acceptors (Lipinski definition) is 6. The van der Waals surface area contributed by atoms with Crippen LogP contribution in [0.3, 0.4) is 0 Å². The van der Waals surface area contributed by atoms with E-state index in [9.17, 15) is 14.4 Å². The van der Waals surface area contributed by atoms with E-state index in [1.807, 2.05) is 75.4 Å². The third kappa shape index (κ3) is 9.28. The van der Waals surface area contributed by atoms with Gasteiger partial charge in [-0.2, -0.15) is 0 Å². The summed E-state index contributed by atoms with van der Waals surface area (Å²) in [4.78, 5) is 38.8. The van der Waals surface area contributed by atoms with Crippen LogP contribution in [0.1, 0.15) is 48.0 Å². The van der Waals surface area contributed by atoms with Gasteiger partial charge < -0.3 is 24.8 Å². The molecule has 0 radical (unpaired) electrons. The van der Waals surface area contributed by atoms with Crippen LogP contribution in [0.25, 0.3) is 11.1 Å². The van der Waals surface area contributed by atoms with Gasteiger partial charge in [0.25, 0.3) is 0 Å². The summed E-state index contributed by atoms with van der Waals surface area (Å²) < 4.78 is 16.8. The Morgan fingerprint density at radius 3 is 2.08 bits per heavy atom. The number of likely N-dealkylation sites (tertiary alicyclic amines) is 1. The molecule has 0 saturated carbocycles. The lowest BCUT2D eigenvalue weighted by atomic mass is 10.1. The zero-order valence-corrected chi connectivity index (χ0v) is 23.1. The lowest BCUT2D eigenvalue weighted by Gasteiger charge is -2.28. The van der Waals surface area contributed by atoms with Gasteiger partial charge in [-0.05, 0) is 71.2 Å². The van der Waals surface area contributed by atoms with Gasteiger partial charge in [-0.1, -0.05) is 42.5 Å². The van der Waals surface area contributed by atoms with E-state index in [1.54, 1.807) is 25.7 Å². The molecule has 2 atom stereocenters. The number of alkyl carbamates (subject to hydrolysis) is 1. The van der Waals surface area contributed by atoms with E-state index in [-0.39, 0.29) is 37.7 Å². The molecular formula is C29H39N3O6. The SMILES string of the molecule is CC(C)(C)OC(=O)NCC(=O)NC1CC(COc2ccc(-c3ccccc3)cc2)N(C(=O)OC(C)(C)C)C1. The Morgan fingerprint density at radius 2 is 1.47 bits per heavy atom. The van der Waals surface area contributed by atoms with Crippen molar-refractivity contribution in [3.8, 4) is 16.9 Å². The fourth-order valence-corrected chi connectivity index (χ4v) is 4.04. The molecule has 0 spiro atoms. The molecular weight excluding hydrogens is 486 g/mol. The predicted molar refractivity (Wildman–Crippen MR) is 145 cm³/mol. The molecule has 2 aromatic rings. The summed E-state index contributed by atoms with van der Waals surface area (Å²) in [5.41, 5.74) is 0.881. The number of benzene rings is 2. The predicted octanol–water partition coefficient (Wildman–Crippen LogP) is 4.75. The highest BCUT2D eigenvalue weighted by atomic mass is 16.6. The molecule has 9 nitrogen and oxygen atoms in total. The van der Waals surface area contributed by atoms with Crippen LogP contribution < -0.4 is 15.4 Å². The Labute approximate surface area is 224 Å². The van der Waals surface area contributed by atoms with Crippen LogP contribution in [0.4, 0.5) is 9.59 Å². The highest BCUT2D eigenvalue weighted by Crippen LogP contribution is 2.25. The highest BCUT2D eigenvalue weighted by molar-refractivity contribution is 5.82. The number of nitrogens with one attached hydrogen (secondary N) is 2. The molecule has 1 aliphatic rings. The molecule has 0 aromatic heterocycles. The van der Waals surface area contributed by atoms with Gasteiger partial charge >= 0.3 is 12.2 Å². The minimum absolute atomic E-state index is 0.229. The van der Waals surface area contributed by atoms with Crippen LogP contribution in [-0.2, 0) is 14.3 Å². The van der Waals surface area contributed by atoms with Crippen LogP contribution in [-0.4, -0.2) is 66.0 Å². The van der Waals surface area contributed by atoms with E-state index in [0.717, 1.165) is 11.1 Å². The van der Waals surface area contributed by atoms with E-state index in [4.69, 9.17) is 14.2 Å². The molecule has 9 heteroatoms. The first-order valence-corrected chi connectivity index (χ1v) is 12.8. The zero-order valence-electron chi connectivity index (χ0n) is 23.1. The molecule has 1 heterocycles. The molecule has 2 unspecified atom stereocenters. The largest absolute Gasteiger partial charge is 0.491 e. The minimum Gasteiger partial charge on any atom is -0.491 e. The number of ether oxygens (including phenoxy) is 3. The minimum atomic E-state index is -0.668. The van der Waals surface area contributed by atoms with Gasteiger partial charge in [0, 0.05) is 12.6 Å². The Kier molecular flexibility index (Phi) is 9.25. The molecule has 38 heavy (non-hydrogen) atoms. The third-order valence-electron chi connectivity index (χ3n) is 5.60. The second-order valence-electron chi connectivity index (χ2n) is 11.3. The molecule has 3 amide bonds. The van der Waals surface area contributed by atoms with E-state index >= 15 is 0 Å². The first-order chi connectivity index (χ1) is 17.8. The highest BCUT2D eigenvalue weighted by Gasteiger charge is 2.38. The van der Waals surface area contributed by atoms with Gasteiger partial charge in [-0.3, -0.25) is 9.69 Å². The van der Waals surface area contributed by atoms with Crippen LogP contribution >= 0.6 is 0 Å². The van der Waals surface area contributed by atoms with E-state index < -0.39 is 23.4 Å². The standard InChI is InChI=1S/C29H39N3O6/c1-28(2,3)37-26(34)30-17-25(33)31-22-16-23(32(18-22)27(35)38-29(4,5)6)19-36-24-14-12-21(13-15-24)20-10-8-7-9-11-20/h7-15,22-23H,16-19H2,1-6H3,(H,30,34)(H,31,33). The molecule has 1 saturated heterocycles. The van der Waals surface area contributed by atoms with Crippen molar-refractivity contribution in [2.75, 3.05) is 19.7 Å².